The van der Waals surface area contributed by atoms with E-state index in [1.54, 1.807) is 0 Å². The Morgan fingerprint density at radius 2 is 2.20 bits per heavy atom. The molecule has 1 saturated heterocycles. The van der Waals surface area contributed by atoms with Gasteiger partial charge in [-0.15, -0.1) is 0 Å². The summed E-state index contributed by atoms with van der Waals surface area (Å²) in [5, 5.41) is 6.75. The van der Waals surface area contributed by atoms with Crippen molar-refractivity contribution in [1.82, 2.24) is 10.6 Å². The predicted molar refractivity (Wildman–Crippen MR) is 44.1 cm³/mol. The molecule has 1 fully saturated rings. The zero-order valence-electron chi connectivity index (χ0n) is 7.20. The Bertz CT molecular complexity index is 110. The lowest BCUT2D eigenvalue weighted by molar-refractivity contribution is 0.194. The molecule has 1 aliphatic rings. The minimum atomic E-state index is 0.424. The van der Waals surface area contributed by atoms with E-state index in [9.17, 15) is 0 Å². The van der Waals surface area contributed by atoms with Crippen molar-refractivity contribution in [3.05, 3.63) is 0 Å². The summed E-state index contributed by atoms with van der Waals surface area (Å²) in [4.78, 5) is 0. The largest absolute Gasteiger partial charge is 0.316 e. The van der Waals surface area contributed by atoms with E-state index in [-0.39, 0.29) is 0 Å². The average Bonchev–Trinajstić information content (AvgIpc) is 1.87. The second kappa shape index (κ2) is 2.89. The second-order valence-electron chi connectivity index (χ2n) is 3.80. The van der Waals surface area contributed by atoms with Crippen LogP contribution in [0.3, 0.4) is 0 Å². The van der Waals surface area contributed by atoms with Gasteiger partial charge in [-0.1, -0.05) is 13.8 Å². The molecule has 0 amide bonds. The van der Waals surface area contributed by atoms with Crippen LogP contribution < -0.4 is 10.6 Å². The average molecular weight is 142 g/mol. The van der Waals surface area contributed by atoms with E-state index in [1.165, 1.54) is 6.42 Å². The van der Waals surface area contributed by atoms with Crippen LogP contribution in [0, 0.1) is 5.41 Å². The van der Waals surface area contributed by atoms with Gasteiger partial charge in [-0.25, -0.2) is 0 Å². The Morgan fingerprint density at radius 1 is 1.50 bits per heavy atom. The van der Waals surface area contributed by atoms with Gasteiger partial charge in [0.2, 0.25) is 0 Å². The highest BCUT2D eigenvalue weighted by Gasteiger charge is 2.30. The highest BCUT2D eigenvalue weighted by Crippen LogP contribution is 2.24. The first kappa shape index (κ1) is 8.02. The molecular formula is C8H18N2. The normalized spacial score (nSPS) is 32.1. The zero-order valence-corrected chi connectivity index (χ0v) is 7.20. The SMILES string of the molecule is CNC1CCNCC1(C)C. The summed E-state index contributed by atoms with van der Waals surface area (Å²) >= 11 is 0. The molecule has 0 aromatic carbocycles. The van der Waals surface area contributed by atoms with Gasteiger partial charge >= 0.3 is 0 Å². The van der Waals surface area contributed by atoms with Gasteiger partial charge in [0.05, 0.1) is 0 Å². The van der Waals surface area contributed by atoms with Gasteiger partial charge in [0, 0.05) is 12.6 Å². The topological polar surface area (TPSA) is 24.1 Å². The van der Waals surface area contributed by atoms with E-state index in [2.05, 4.69) is 31.5 Å². The van der Waals surface area contributed by atoms with E-state index >= 15 is 0 Å². The molecular weight excluding hydrogens is 124 g/mol. The van der Waals surface area contributed by atoms with Crippen LogP contribution in [0.2, 0.25) is 0 Å². The smallest absolute Gasteiger partial charge is 0.0139 e. The van der Waals surface area contributed by atoms with Crippen LogP contribution in [0.1, 0.15) is 20.3 Å². The molecule has 0 aromatic rings. The van der Waals surface area contributed by atoms with Gasteiger partial charge in [0.25, 0.3) is 0 Å². The van der Waals surface area contributed by atoms with Crippen molar-refractivity contribution in [2.45, 2.75) is 26.3 Å². The fourth-order valence-corrected chi connectivity index (χ4v) is 1.71. The third-order valence-electron chi connectivity index (χ3n) is 2.48. The standard InChI is InChI=1S/C8H18N2/c1-8(2)6-10-5-4-7(8)9-3/h7,9-10H,4-6H2,1-3H3. The van der Waals surface area contributed by atoms with Crippen molar-refractivity contribution in [3.63, 3.8) is 0 Å². The number of rotatable bonds is 1. The number of nitrogens with one attached hydrogen (secondary N) is 2. The van der Waals surface area contributed by atoms with E-state index in [1.807, 2.05) is 0 Å². The quantitative estimate of drug-likeness (QED) is 0.560. The van der Waals surface area contributed by atoms with E-state index in [0.29, 0.717) is 11.5 Å². The van der Waals surface area contributed by atoms with Gasteiger partial charge in [-0.3, -0.25) is 0 Å². The van der Waals surface area contributed by atoms with Crippen molar-refractivity contribution in [2.75, 3.05) is 20.1 Å². The molecule has 1 heterocycles. The summed E-state index contributed by atoms with van der Waals surface area (Å²) in [6.45, 7) is 6.91. The molecule has 0 spiro atoms. The number of piperidine rings is 1. The predicted octanol–water partition coefficient (Wildman–Crippen LogP) is 0.594. The summed E-state index contributed by atoms with van der Waals surface area (Å²) in [6.07, 6.45) is 1.25. The highest BCUT2D eigenvalue weighted by molar-refractivity contribution is 4.89. The van der Waals surface area contributed by atoms with Crippen molar-refractivity contribution < 1.29 is 0 Å². The summed E-state index contributed by atoms with van der Waals surface area (Å²) in [5.41, 5.74) is 0.424. The molecule has 10 heavy (non-hydrogen) atoms. The summed E-state index contributed by atoms with van der Waals surface area (Å²) in [7, 11) is 2.05. The Labute approximate surface area is 63.4 Å². The fourth-order valence-electron chi connectivity index (χ4n) is 1.71. The van der Waals surface area contributed by atoms with Crippen LogP contribution in [-0.4, -0.2) is 26.2 Å². The molecule has 0 bridgehead atoms. The van der Waals surface area contributed by atoms with Crippen LogP contribution in [0.4, 0.5) is 0 Å². The van der Waals surface area contributed by atoms with Crippen LogP contribution in [0.5, 0.6) is 0 Å². The lowest BCUT2D eigenvalue weighted by atomic mass is 9.80. The molecule has 1 aliphatic heterocycles. The Hall–Kier alpha value is -0.0800. The molecule has 2 heteroatoms. The van der Waals surface area contributed by atoms with Crippen molar-refractivity contribution in [2.24, 2.45) is 5.41 Å². The first-order valence-corrected chi connectivity index (χ1v) is 4.05. The summed E-state index contributed by atoms with van der Waals surface area (Å²) in [5.74, 6) is 0. The Morgan fingerprint density at radius 3 is 2.60 bits per heavy atom. The highest BCUT2D eigenvalue weighted by atomic mass is 15.0. The van der Waals surface area contributed by atoms with E-state index < -0.39 is 0 Å². The van der Waals surface area contributed by atoms with Crippen LogP contribution in [0.25, 0.3) is 0 Å². The molecule has 0 saturated carbocycles. The van der Waals surface area contributed by atoms with Crippen molar-refractivity contribution in [1.29, 1.82) is 0 Å². The summed E-state index contributed by atoms with van der Waals surface area (Å²) < 4.78 is 0. The van der Waals surface area contributed by atoms with Crippen LogP contribution in [0.15, 0.2) is 0 Å². The van der Waals surface area contributed by atoms with E-state index in [4.69, 9.17) is 0 Å². The second-order valence-corrected chi connectivity index (χ2v) is 3.80. The van der Waals surface area contributed by atoms with Crippen LogP contribution in [-0.2, 0) is 0 Å². The molecule has 1 unspecified atom stereocenters. The lowest BCUT2D eigenvalue weighted by Crippen LogP contribution is -2.51. The van der Waals surface area contributed by atoms with Gasteiger partial charge in [0.15, 0.2) is 0 Å². The minimum Gasteiger partial charge on any atom is -0.316 e. The first-order valence-electron chi connectivity index (χ1n) is 4.05. The van der Waals surface area contributed by atoms with Gasteiger partial charge in [-0.2, -0.15) is 0 Å². The minimum absolute atomic E-state index is 0.424. The fraction of sp³-hybridized carbons (Fsp3) is 1.00. The molecule has 0 aliphatic carbocycles. The summed E-state index contributed by atoms with van der Waals surface area (Å²) in [6, 6.07) is 0.689. The molecule has 2 N–H and O–H groups in total. The molecule has 60 valence electrons. The molecule has 1 atom stereocenters. The zero-order chi connectivity index (χ0) is 7.61. The Balaban J connectivity index is 2.51. The molecule has 2 nitrogen and oxygen atoms in total. The maximum Gasteiger partial charge on any atom is 0.0139 e. The number of hydrogen-bond donors (Lipinski definition) is 2. The lowest BCUT2D eigenvalue weighted by Gasteiger charge is -2.38. The Kier molecular flexibility index (Phi) is 2.32. The molecule has 0 aromatic heterocycles. The molecule has 0 radical (unpaired) electrons. The van der Waals surface area contributed by atoms with Crippen molar-refractivity contribution >= 4 is 0 Å². The van der Waals surface area contributed by atoms with E-state index in [0.717, 1.165) is 13.1 Å². The number of hydrogen-bond acceptors (Lipinski definition) is 2. The third kappa shape index (κ3) is 1.50. The monoisotopic (exact) mass is 142 g/mol. The van der Waals surface area contributed by atoms with Gasteiger partial charge in [-0.05, 0) is 25.4 Å². The maximum absolute atomic E-state index is 3.40. The molecule has 1 rings (SSSR count). The van der Waals surface area contributed by atoms with Gasteiger partial charge in [0.1, 0.15) is 0 Å². The van der Waals surface area contributed by atoms with Crippen LogP contribution >= 0.6 is 0 Å². The maximum atomic E-state index is 3.40. The van der Waals surface area contributed by atoms with Gasteiger partial charge < -0.3 is 10.6 Å². The van der Waals surface area contributed by atoms with Crippen molar-refractivity contribution in [3.8, 4) is 0 Å². The first-order chi connectivity index (χ1) is 4.67. The third-order valence-corrected chi connectivity index (χ3v) is 2.48.